The Balaban J connectivity index is 0.00000442. The number of hydrogen-bond acceptors (Lipinski definition) is 5. The average molecular weight is 649 g/mol. The van der Waals surface area contributed by atoms with Gasteiger partial charge in [-0.15, -0.1) is 12.4 Å². The summed E-state index contributed by atoms with van der Waals surface area (Å²) in [6.07, 6.45) is -1.41. The number of amides is 2. The van der Waals surface area contributed by atoms with Gasteiger partial charge in [0.2, 0.25) is 5.60 Å². The molecule has 1 aliphatic carbocycles. The van der Waals surface area contributed by atoms with Crippen molar-refractivity contribution in [2.45, 2.75) is 68.9 Å². The lowest BCUT2D eigenvalue weighted by atomic mass is 9.89. The minimum Gasteiger partial charge on any atom is -0.476 e. The van der Waals surface area contributed by atoms with Crippen molar-refractivity contribution in [2.24, 2.45) is 0 Å². The molecule has 2 amide bonds. The average Bonchev–Trinajstić information content (AvgIpc) is 3.00. The lowest BCUT2D eigenvalue weighted by Gasteiger charge is -2.46. The van der Waals surface area contributed by atoms with Crippen molar-refractivity contribution in [1.82, 2.24) is 19.7 Å². The van der Waals surface area contributed by atoms with E-state index in [0.29, 0.717) is 32.2 Å². The Morgan fingerprint density at radius 3 is 2.09 bits per heavy atom. The SMILES string of the molecule is Cl.O=C(c1cnccc1C(F)(F)F)N1CCCC(Oc2ccc(C(F)(F)F)cc2)(C(=O)N2CCN(C3CCCCC3)CC2)C1. The van der Waals surface area contributed by atoms with Crippen LogP contribution in [-0.4, -0.2) is 82.4 Å². The van der Waals surface area contributed by atoms with Crippen LogP contribution in [0.25, 0.3) is 0 Å². The minimum atomic E-state index is -4.80. The van der Waals surface area contributed by atoms with Gasteiger partial charge in [0.05, 0.1) is 23.2 Å². The van der Waals surface area contributed by atoms with Crippen LogP contribution < -0.4 is 4.74 Å². The molecule has 3 fully saturated rings. The molecule has 2 saturated heterocycles. The molecule has 5 rings (SSSR count). The Bertz CT molecular complexity index is 1290. The largest absolute Gasteiger partial charge is 0.476 e. The predicted octanol–water partition coefficient (Wildman–Crippen LogP) is 6.07. The van der Waals surface area contributed by atoms with Gasteiger partial charge in [0.15, 0.2) is 0 Å². The molecule has 1 saturated carbocycles. The van der Waals surface area contributed by atoms with E-state index in [9.17, 15) is 35.9 Å². The fraction of sp³-hybridized carbons (Fsp3) is 0.567. The van der Waals surface area contributed by atoms with Crippen molar-refractivity contribution in [3.05, 3.63) is 59.4 Å². The van der Waals surface area contributed by atoms with Crippen LogP contribution in [0.2, 0.25) is 0 Å². The van der Waals surface area contributed by atoms with Gasteiger partial charge in [-0.05, 0) is 56.0 Å². The highest BCUT2D eigenvalue weighted by molar-refractivity contribution is 5.96. The second-order valence-electron chi connectivity index (χ2n) is 11.5. The van der Waals surface area contributed by atoms with Crippen LogP contribution in [0.1, 0.15) is 66.4 Å². The first-order chi connectivity index (χ1) is 20.4. The first-order valence-electron chi connectivity index (χ1n) is 14.6. The first kappa shape index (κ1) is 33.8. The van der Waals surface area contributed by atoms with E-state index in [-0.39, 0.29) is 44.1 Å². The van der Waals surface area contributed by atoms with E-state index in [0.717, 1.165) is 60.5 Å². The quantitative estimate of drug-likeness (QED) is 0.368. The van der Waals surface area contributed by atoms with Crippen LogP contribution in [0, 0.1) is 0 Å². The Labute approximate surface area is 257 Å². The highest BCUT2D eigenvalue weighted by Crippen LogP contribution is 2.36. The van der Waals surface area contributed by atoms with Crippen molar-refractivity contribution >= 4 is 24.2 Å². The van der Waals surface area contributed by atoms with E-state index in [1.807, 2.05) is 0 Å². The number of piperidine rings is 1. The number of rotatable bonds is 5. The second kappa shape index (κ2) is 13.5. The van der Waals surface area contributed by atoms with Crippen LogP contribution in [0.3, 0.4) is 0 Å². The third-order valence-electron chi connectivity index (χ3n) is 8.68. The van der Waals surface area contributed by atoms with Crippen molar-refractivity contribution in [3.63, 3.8) is 0 Å². The molecule has 0 spiro atoms. The highest BCUT2D eigenvalue weighted by Gasteiger charge is 2.49. The molecule has 0 radical (unpaired) electrons. The summed E-state index contributed by atoms with van der Waals surface area (Å²) >= 11 is 0. The topological polar surface area (TPSA) is 66.0 Å². The molecule has 7 nitrogen and oxygen atoms in total. The van der Waals surface area contributed by atoms with E-state index in [1.54, 1.807) is 4.90 Å². The van der Waals surface area contributed by atoms with Crippen LogP contribution in [0.4, 0.5) is 26.3 Å². The maximum Gasteiger partial charge on any atom is 0.417 e. The Morgan fingerprint density at radius 1 is 0.818 bits per heavy atom. The van der Waals surface area contributed by atoms with Gasteiger partial charge in [-0.3, -0.25) is 19.5 Å². The fourth-order valence-corrected chi connectivity index (χ4v) is 6.44. The molecule has 44 heavy (non-hydrogen) atoms. The summed E-state index contributed by atoms with van der Waals surface area (Å²) in [7, 11) is 0. The number of carbonyl (C=O) groups excluding carboxylic acids is 2. The summed E-state index contributed by atoms with van der Waals surface area (Å²) < 4.78 is 86.8. The molecule has 1 unspecified atom stereocenters. The van der Waals surface area contributed by atoms with Crippen LogP contribution >= 0.6 is 12.4 Å². The number of carbonyl (C=O) groups is 2. The number of pyridine rings is 1. The number of hydrogen-bond donors (Lipinski definition) is 0. The van der Waals surface area contributed by atoms with Gasteiger partial charge >= 0.3 is 12.4 Å². The van der Waals surface area contributed by atoms with E-state index < -0.39 is 46.5 Å². The number of alkyl halides is 6. The molecule has 14 heteroatoms. The summed E-state index contributed by atoms with van der Waals surface area (Å²) in [6.45, 7) is 1.83. The summed E-state index contributed by atoms with van der Waals surface area (Å²) in [6, 6.07) is 5.10. The predicted molar refractivity (Wildman–Crippen MR) is 151 cm³/mol. The minimum absolute atomic E-state index is 0. The van der Waals surface area contributed by atoms with E-state index in [1.165, 1.54) is 19.3 Å². The molecule has 2 aliphatic heterocycles. The van der Waals surface area contributed by atoms with Crippen LogP contribution in [-0.2, 0) is 17.1 Å². The molecule has 242 valence electrons. The molecule has 1 aromatic carbocycles. The molecule has 2 aromatic rings. The lowest BCUT2D eigenvalue weighted by Crippen LogP contribution is -2.64. The summed E-state index contributed by atoms with van der Waals surface area (Å²) in [5.41, 5.74) is -4.37. The third kappa shape index (κ3) is 7.42. The number of piperazine rings is 1. The standard InChI is InChI=1S/C30H34F6N4O3.ClH/c31-29(32,33)21-7-9-23(10-8-21)43-28(27(42)39-17-15-38(16-18-39)22-5-2-1-3-6-22)12-4-14-40(20-28)26(41)24-19-37-13-11-25(24)30(34,35)36;/h7-11,13,19,22H,1-6,12,14-18,20H2;1H. The van der Waals surface area contributed by atoms with Gasteiger partial charge in [0.25, 0.3) is 11.8 Å². The van der Waals surface area contributed by atoms with Gasteiger partial charge < -0.3 is 14.5 Å². The maximum absolute atomic E-state index is 14.2. The van der Waals surface area contributed by atoms with Gasteiger partial charge in [0.1, 0.15) is 5.75 Å². The first-order valence-corrected chi connectivity index (χ1v) is 14.6. The number of benzene rings is 1. The second-order valence-corrected chi connectivity index (χ2v) is 11.5. The Hall–Kier alpha value is -3.06. The smallest absolute Gasteiger partial charge is 0.417 e. The normalized spacial score (nSPS) is 22.3. The summed E-state index contributed by atoms with van der Waals surface area (Å²) in [5.74, 6) is -1.39. The van der Waals surface area contributed by atoms with Gasteiger partial charge in [0, 0.05) is 51.2 Å². The number of ether oxygens (including phenoxy) is 1. The Kier molecular flexibility index (Phi) is 10.4. The van der Waals surface area contributed by atoms with Crippen molar-refractivity contribution in [1.29, 1.82) is 0 Å². The Morgan fingerprint density at radius 2 is 1.48 bits per heavy atom. The number of halogens is 7. The third-order valence-corrected chi connectivity index (χ3v) is 8.68. The monoisotopic (exact) mass is 648 g/mol. The summed E-state index contributed by atoms with van der Waals surface area (Å²) in [5, 5.41) is 0. The maximum atomic E-state index is 14.2. The molecule has 1 atom stereocenters. The zero-order valence-electron chi connectivity index (χ0n) is 24.0. The summed E-state index contributed by atoms with van der Waals surface area (Å²) in [4.78, 5) is 36.5. The molecule has 0 N–H and O–H groups in total. The zero-order chi connectivity index (χ0) is 30.8. The fourth-order valence-electron chi connectivity index (χ4n) is 6.44. The van der Waals surface area contributed by atoms with Crippen LogP contribution in [0.5, 0.6) is 5.75 Å². The molecule has 1 aromatic heterocycles. The molecule has 3 aliphatic rings. The number of nitrogens with zero attached hydrogens (tertiary/aromatic N) is 4. The van der Waals surface area contributed by atoms with Crippen molar-refractivity contribution in [2.75, 3.05) is 39.3 Å². The van der Waals surface area contributed by atoms with Crippen molar-refractivity contribution < 1.29 is 40.7 Å². The zero-order valence-corrected chi connectivity index (χ0v) is 24.8. The van der Waals surface area contributed by atoms with E-state index in [2.05, 4.69) is 9.88 Å². The van der Waals surface area contributed by atoms with Gasteiger partial charge in [-0.1, -0.05) is 19.3 Å². The number of likely N-dealkylation sites (tertiary alicyclic amines) is 1. The molecule has 0 bridgehead atoms. The molecular weight excluding hydrogens is 614 g/mol. The van der Waals surface area contributed by atoms with Crippen molar-refractivity contribution in [3.8, 4) is 5.75 Å². The van der Waals surface area contributed by atoms with E-state index in [4.69, 9.17) is 4.74 Å². The van der Waals surface area contributed by atoms with E-state index >= 15 is 0 Å². The number of aromatic nitrogens is 1. The van der Waals surface area contributed by atoms with Gasteiger partial charge in [-0.25, -0.2) is 0 Å². The lowest BCUT2D eigenvalue weighted by molar-refractivity contribution is -0.155. The molecule has 3 heterocycles. The highest BCUT2D eigenvalue weighted by atomic mass is 35.5. The molecular formula is C30H35ClF6N4O3. The van der Waals surface area contributed by atoms with Crippen LogP contribution in [0.15, 0.2) is 42.7 Å². The van der Waals surface area contributed by atoms with Gasteiger partial charge in [-0.2, -0.15) is 26.3 Å².